The first-order chi connectivity index (χ1) is 12.2. The molecule has 1 saturated carbocycles. The number of aliphatic hydroxyl groups is 1. The zero-order valence-corrected chi connectivity index (χ0v) is 14.7. The SMILES string of the molecule is Cc1nc(C(O)NC2(c3ccc(SC(F)(F)F)cc3)CCC2)cc(=O)[nH]1. The minimum Gasteiger partial charge on any atom is -0.373 e. The number of H-pyrrole nitrogens is 1. The van der Waals surface area contributed by atoms with Crippen molar-refractivity contribution in [2.45, 2.75) is 48.4 Å². The average Bonchev–Trinajstić information content (AvgIpc) is 2.49. The molecule has 9 heteroatoms. The fourth-order valence-corrected chi connectivity index (χ4v) is 3.64. The van der Waals surface area contributed by atoms with Crippen LogP contribution in [0.5, 0.6) is 0 Å². The molecule has 3 rings (SSSR count). The molecule has 1 atom stereocenters. The lowest BCUT2D eigenvalue weighted by molar-refractivity contribution is -0.0328. The maximum atomic E-state index is 12.5. The molecule has 3 N–H and O–H groups in total. The molecular weight excluding hydrogens is 367 g/mol. The van der Waals surface area contributed by atoms with Crippen molar-refractivity contribution in [3.8, 4) is 0 Å². The molecule has 5 nitrogen and oxygen atoms in total. The molecule has 0 bridgehead atoms. The third kappa shape index (κ3) is 4.28. The lowest BCUT2D eigenvalue weighted by Crippen LogP contribution is -2.49. The number of thioether (sulfide) groups is 1. The summed E-state index contributed by atoms with van der Waals surface area (Å²) in [5.41, 5.74) is -4.21. The number of alkyl halides is 3. The van der Waals surface area contributed by atoms with E-state index >= 15 is 0 Å². The summed E-state index contributed by atoms with van der Waals surface area (Å²) in [7, 11) is 0. The van der Waals surface area contributed by atoms with Gasteiger partial charge in [0.05, 0.1) is 5.69 Å². The predicted molar refractivity (Wildman–Crippen MR) is 91.6 cm³/mol. The lowest BCUT2D eigenvalue weighted by Gasteiger charge is -2.44. The number of aliphatic hydroxyl groups excluding tert-OH is 1. The van der Waals surface area contributed by atoms with Crippen LogP contribution in [0.3, 0.4) is 0 Å². The van der Waals surface area contributed by atoms with Gasteiger partial charge in [0, 0.05) is 16.5 Å². The van der Waals surface area contributed by atoms with Crippen LogP contribution in [0.2, 0.25) is 0 Å². The Balaban J connectivity index is 1.79. The largest absolute Gasteiger partial charge is 0.446 e. The van der Waals surface area contributed by atoms with Crippen molar-refractivity contribution >= 4 is 11.8 Å². The summed E-state index contributed by atoms with van der Waals surface area (Å²) in [5.74, 6) is 0.393. The highest BCUT2D eigenvalue weighted by molar-refractivity contribution is 8.00. The lowest BCUT2D eigenvalue weighted by atomic mass is 9.71. The maximum absolute atomic E-state index is 12.5. The van der Waals surface area contributed by atoms with Gasteiger partial charge >= 0.3 is 5.51 Å². The minimum atomic E-state index is -4.33. The van der Waals surface area contributed by atoms with Gasteiger partial charge in [0.1, 0.15) is 12.1 Å². The number of nitrogens with zero attached hydrogens (tertiary/aromatic N) is 1. The van der Waals surface area contributed by atoms with E-state index in [4.69, 9.17) is 0 Å². The van der Waals surface area contributed by atoms with Crippen LogP contribution in [-0.4, -0.2) is 20.6 Å². The summed E-state index contributed by atoms with van der Waals surface area (Å²) in [5, 5.41) is 13.6. The van der Waals surface area contributed by atoms with Crippen LogP contribution in [0, 0.1) is 6.92 Å². The number of aromatic nitrogens is 2. The van der Waals surface area contributed by atoms with E-state index in [0.717, 1.165) is 24.8 Å². The van der Waals surface area contributed by atoms with Crippen molar-refractivity contribution in [1.82, 2.24) is 15.3 Å². The zero-order valence-electron chi connectivity index (χ0n) is 13.9. The van der Waals surface area contributed by atoms with Crippen LogP contribution in [0.15, 0.2) is 40.0 Å². The smallest absolute Gasteiger partial charge is 0.373 e. The van der Waals surface area contributed by atoms with Crippen LogP contribution in [0.4, 0.5) is 13.2 Å². The number of hydrogen-bond acceptors (Lipinski definition) is 5. The normalized spacial score (nSPS) is 17.6. The zero-order chi connectivity index (χ0) is 18.9. The fourth-order valence-electron chi connectivity index (χ4n) is 3.10. The molecule has 0 saturated heterocycles. The molecule has 140 valence electrons. The highest BCUT2D eigenvalue weighted by Gasteiger charge is 2.40. The summed E-state index contributed by atoms with van der Waals surface area (Å²) >= 11 is -0.158. The quantitative estimate of drug-likeness (QED) is 0.544. The Morgan fingerprint density at radius 1 is 1.31 bits per heavy atom. The number of halogens is 3. The van der Waals surface area contributed by atoms with E-state index in [2.05, 4.69) is 15.3 Å². The van der Waals surface area contributed by atoms with E-state index in [1.807, 2.05) is 0 Å². The topological polar surface area (TPSA) is 78.0 Å². The molecule has 1 aromatic carbocycles. The Kier molecular flexibility index (Phi) is 5.14. The van der Waals surface area contributed by atoms with E-state index in [9.17, 15) is 23.1 Å². The summed E-state index contributed by atoms with van der Waals surface area (Å²) < 4.78 is 37.4. The molecule has 1 unspecified atom stereocenters. The molecule has 1 aliphatic rings. The number of nitrogens with one attached hydrogen (secondary N) is 2. The Hall–Kier alpha value is -1.84. The van der Waals surface area contributed by atoms with Crippen molar-refractivity contribution in [1.29, 1.82) is 0 Å². The van der Waals surface area contributed by atoms with Gasteiger partial charge in [-0.1, -0.05) is 12.1 Å². The molecule has 0 spiro atoms. The highest BCUT2D eigenvalue weighted by atomic mass is 32.2. The second-order valence-corrected chi connectivity index (χ2v) is 7.45. The van der Waals surface area contributed by atoms with Crippen molar-refractivity contribution in [2.24, 2.45) is 0 Å². The maximum Gasteiger partial charge on any atom is 0.446 e. The van der Waals surface area contributed by atoms with Gasteiger partial charge in [-0.25, -0.2) is 4.98 Å². The Bertz CT molecular complexity index is 832. The molecule has 1 aliphatic carbocycles. The molecule has 1 heterocycles. The van der Waals surface area contributed by atoms with Crippen molar-refractivity contribution in [3.63, 3.8) is 0 Å². The van der Waals surface area contributed by atoms with E-state index in [-0.39, 0.29) is 27.9 Å². The van der Waals surface area contributed by atoms with Crippen LogP contribution >= 0.6 is 11.8 Å². The van der Waals surface area contributed by atoms with Crippen LogP contribution in [-0.2, 0) is 5.54 Å². The van der Waals surface area contributed by atoms with Crippen molar-refractivity contribution in [2.75, 3.05) is 0 Å². The second kappa shape index (κ2) is 7.05. The first-order valence-corrected chi connectivity index (χ1v) is 8.88. The van der Waals surface area contributed by atoms with Gasteiger partial charge in [-0.05, 0) is 55.6 Å². The van der Waals surface area contributed by atoms with Gasteiger partial charge < -0.3 is 10.1 Å². The fraction of sp³-hybridized carbons (Fsp3) is 0.412. The number of hydrogen-bond donors (Lipinski definition) is 3. The standard InChI is InChI=1S/C17H18F3N3O2S/c1-10-21-13(9-14(24)22-10)15(25)23-16(7-2-8-16)11-3-5-12(6-4-11)26-17(18,19)20/h3-6,9,15,23,25H,2,7-8H2,1H3,(H,21,22,24). The monoisotopic (exact) mass is 385 g/mol. The predicted octanol–water partition coefficient (Wildman–Crippen LogP) is 3.35. The number of aromatic amines is 1. The minimum absolute atomic E-state index is 0.114. The van der Waals surface area contributed by atoms with Gasteiger partial charge in [-0.2, -0.15) is 13.2 Å². The van der Waals surface area contributed by atoms with E-state index in [1.54, 1.807) is 19.1 Å². The summed E-state index contributed by atoms with van der Waals surface area (Å²) in [6.45, 7) is 1.62. The molecule has 0 amide bonds. The third-order valence-corrected chi connectivity index (χ3v) is 5.16. The first kappa shape index (κ1) is 18.9. The van der Waals surface area contributed by atoms with Gasteiger partial charge in [0.25, 0.3) is 5.56 Å². The van der Waals surface area contributed by atoms with Gasteiger partial charge in [-0.15, -0.1) is 0 Å². The number of benzene rings is 1. The highest BCUT2D eigenvalue weighted by Crippen LogP contribution is 2.44. The van der Waals surface area contributed by atoms with Crippen molar-refractivity contribution in [3.05, 3.63) is 57.8 Å². The molecule has 26 heavy (non-hydrogen) atoms. The second-order valence-electron chi connectivity index (χ2n) is 6.31. The first-order valence-electron chi connectivity index (χ1n) is 8.07. The van der Waals surface area contributed by atoms with Gasteiger partial charge in [-0.3, -0.25) is 10.1 Å². The Morgan fingerprint density at radius 3 is 2.46 bits per heavy atom. The Morgan fingerprint density at radius 2 is 1.96 bits per heavy atom. The van der Waals surface area contributed by atoms with E-state index in [0.29, 0.717) is 5.82 Å². The van der Waals surface area contributed by atoms with Crippen LogP contribution < -0.4 is 10.9 Å². The molecule has 2 aromatic rings. The average molecular weight is 385 g/mol. The summed E-state index contributed by atoms with van der Waals surface area (Å²) in [4.78, 5) is 18.3. The van der Waals surface area contributed by atoms with Gasteiger partial charge in [0.15, 0.2) is 0 Å². The van der Waals surface area contributed by atoms with E-state index in [1.165, 1.54) is 18.2 Å². The molecule has 0 aliphatic heterocycles. The summed E-state index contributed by atoms with van der Waals surface area (Å²) in [6.07, 6.45) is 1.25. The molecule has 1 fully saturated rings. The number of aryl methyl sites for hydroxylation is 1. The summed E-state index contributed by atoms with van der Waals surface area (Å²) in [6, 6.07) is 7.36. The molecular formula is C17H18F3N3O2S. The number of rotatable bonds is 5. The Labute approximate surface area is 152 Å². The van der Waals surface area contributed by atoms with Crippen molar-refractivity contribution < 1.29 is 18.3 Å². The van der Waals surface area contributed by atoms with Gasteiger partial charge in [0.2, 0.25) is 0 Å². The van der Waals surface area contributed by atoms with Crippen LogP contribution in [0.1, 0.15) is 42.6 Å². The third-order valence-electron chi connectivity index (χ3n) is 4.42. The van der Waals surface area contributed by atoms with Crippen LogP contribution in [0.25, 0.3) is 0 Å². The molecule has 0 radical (unpaired) electrons. The van der Waals surface area contributed by atoms with E-state index < -0.39 is 17.3 Å². The molecule has 1 aromatic heterocycles.